The number of ether oxygens (including phenoxy) is 1. The van der Waals surface area contributed by atoms with Crippen LogP contribution < -0.4 is 21.1 Å². The summed E-state index contributed by atoms with van der Waals surface area (Å²) in [6.45, 7) is 4.29. The van der Waals surface area contributed by atoms with Gasteiger partial charge in [-0.05, 0) is 62.8 Å². The number of unbranched alkanes of at least 4 members (excludes halogenated alkanes) is 1. The molecule has 1 heterocycles. The maximum atomic E-state index is 12.9. The van der Waals surface area contributed by atoms with E-state index in [1.54, 1.807) is 4.90 Å². The van der Waals surface area contributed by atoms with Gasteiger partial charge in [0.05, 0.1) is 6.61 Å². The number of carboxylic acid groups (broad SMARTS) is 1. The van der Waals surface area contributed by atoms with Gasteiger partial charge in [0, 0.05) is 50.7 Å². The first kappa shape index (κ1) is 27.3. The first-order valence-electron chi connectivity index (χ1n) is 12.6. The molecule has 198 valence electrons. The van der Waals surface area contributed by atoms with E-state index >= 15 is 0 Å². The van der Waals surface area contributed by atoms with E-state index in [1.807, 2.05) is 24.3 Å². The molecule has 1 saturated heterocycles. The lowest BCUT2D eigenvalue weighted by molar-refractivity contribution is -0.135. The molecule has 1 aromatic carbocycles. The van der Waals surface area contributed by atoms with Gasteiger partial charge in [-0.15, -0.1) is 0 Å². The fraction of sp³-hybridized carbons (Fsp3) is 0.600. The third-order valence-corrected chi connectivity index (χ3v) is 6.47. The summed E-state index contributed by atoms with van der Waals surface area (Å²) in [5, 5.41) is 13.9. The molecule has 5 N–H and O–H groups in total. The van der Waals surface area contributed by atoms with E-state index < -0.39 is 18.2 Å². The molecule has 0 unspecified atom stereocenters. The van der Waals surface area contributed by atoms with Gasteiger partial charge in [0.2, 0.25) is 5.91 Å². The number of hydrogen-bond donors (Lipinski definition) is 4. The zero-order valence-corrected chi connectivity index (χ0v) is 20.6. The number of nitrogens with two attached hydrogens (primary N) is 1. The second-order valence-corrected chi connectivity index (χ2v) is 9.32. The Morgan fingerprint density at radius 3 is 2.33 bits per heavy atom. The van der Waals surface area contributed by atoms with Crippen LogP contribution in [0, 0.1) is 5.92 Å². The summed E-state index contributed by atoms with van der Waals surface area (Å²) in [4.78, 5) is 50.8. The van der Waals surface area contributed by atoms with Crippen LogP contribution in [0.5, 0.6) is 5.75 Å². The topological polar surface area (TPSA) is 154 Å². The monoisotopic (exact) mass is 503 g/mol. The second kappa shape index (κ2) is 13.7. The predicted octanol–water partition coefficient (Wildman–Crippen LogP) is 1.67. The van der Waals surface area contributed by atoms with E-state index in [-0.39, 0.29) is 17.6 Å². The lowest BCUT2D eigenvalue weighted by atomic mass is 10.1. The highest BCUT2D eigenvalue weighted by molar-refractivity contribution is 5.99. The van der Waals surface area contributed by atoms with Crippen molar-refractivity contribution in [3.05, 3.63) is 29.8 Å². The number of hydrogen-bond acceptors (Lipinski definition) is 6. The first-order valence-corrected chi connectivity index (χ1v) is 12.6. The molecular weight excluding hydrogens is 466 g/mol. The number of Topliss-reactive ketones (excluding diaryl/α,β-unsaturated/α-hetero) is 1. The third-order valence-electron chi connectivity index (χ3n) is 6.47. The molecule has 11 nitrogen and oxygen atoms in total. The molecule has 1 aliphatic heterocycles. The predicted molar refractivity (Wildman–Crippen MR) is 133 cm³/mol. The molecule has 1 aromatic rings. The molecule has 3 rings (SSSR count). The van der Waals surface area contributed by atoms with Crippen molar-refractivity contribution in [1.29, 1.82) is 0 Å². The maximum absolute atomic E-state index is 12.9. The fourth-order valence-corrected chi connectivity index (χ4v) is 4.28. The highest BCUT2D eigenvalue weighted by atomic mass is 16.5. The van der Waals surface area contributed by atoms with Crippen LogP contribution in [0.4, 0.5) is 9.59 Å². The number of piperazine rings is 1. The summed E-state index contributed by atoms with van der Waals surface area (Å²) in [7, 11) is 0. The number of carbonyl (C=O) groups excluding carboxylic acids is 3. The Bertz CT molecular complexity index is 897. The summed E-state index contributed by atoms with van der Waals surface area (Å²) in [6.07, 6.45) is 3.14. The summed E-state index contributed by atoms with van der Waals surface area (Å²) in [5.74, 6) is 0.970. The average molecular weight is 504 g/mol. The number of nitrogens with zero attached hydrogens (tertiary/aromatic N) is 2. The summed E-state index contributed by atoms with van der Waals surface area (Å²) >= 11 is 0. The van der Waals surface area contributed by atoms with Gasteiger partial charge in [-0.1, -0.05) is 0 Å². The smallest absolute Gasteiger partial charge is 0.405 e. The maximum Gasteiger partial charge on any atom is 0.405 e. The lowest BCUT2D eigenvalue weighted by Crippen LogP contribution is -2.55. The van der Waals surface area contributed by atoms with Gasteiger partial charge in [-0.25, -0.2) is 9.59 Å². The molecule has 11 heteroatoms. The van der Waals surface area contributed by atoms with Crippen molar-refractivity contribution in [1.82, 2.24) is 20.4 Å². The van der Waals surface area contributed by atoms with Crippen LogP contribution >= 0.6 is 0 Å². The van der Waals surface area contributed by atoms with Crippen LogP contribution in [0.3, 0.4) is 0 Å². The zero-order chi connectivity index (χ0) is 25.9. The number of benzene rings is 1. The van der Waals surface area contributed by atoms with Crippen molar-refractivity contribution < 1.29 is 29.0 Å². The molecule has 0 spiro atoms. The molecule has 2 aliphatic rings. The number of amides is 4. The van der Waals surface area contributed by atoms with Gasteiger partial charge >= 0.3 is 12.1 Å². The Hall–Kier alpha value is -3.34. The minimum absolute atomic E-state index is 0.212. The number of ketones is 1. The van der Waals surface area contributed by atoms with Crippen LogP contribution in [-0.2, 0) is 4.79 Å². The molecule has 0 bridgehead atoms. The Kier molecular flexibility index (Phi) is 10.3. The quantitative estimate of drug-likeness (QED) is 0.222. The zero-order valence-electron chi connectivity index (χ0n) is 20.6. The van der Waals surface area contributed by atoms with E-state index in [4.69, 9.17) is 15.6 Å². The molecule has 0 radical (unpaired) electrons. The van der Waals surface area contributed by atoms with Gasteiger partial charge in [-0.2, -0.15) is 0 Å². The van der Waals surface area contributed by atoms with Crippen LogP contribution in [0.2, 0.25) is 0 Å². The Morgan fingerprint density at radius 1 is 1.03 bits per heavy atom. The van der Waals surface area contributed by atoms with Crippen LogP contribution in [0.25, 0.3) is 0 Å². The van der Waals surface area contributed by atoms with Crippen molar-refractivity contribution in [3.63, 3.8) is 0 Å². The fourth-order valence-electron chi connectivity index (χ4n) is 4.28. The van der Waals surface area contributed by atoms with Crippen molar-refractivity contribution >= 4 is 23.8 Å². The van der Waals surface area contributed by atoms with E-state index in [2.05, 4.69) is 15.5 Å². The largest absolute Gasteiger partial charge is 0.494 e. The van der Waals surface area contributed by atoms with Crippen molar-refractivity contribution in [3.8, 4) is 5.75 Å². The molecule has 1 atom stereocenters. The molecule has 36 heavy (non-hydrogen) atoms. The van der Waals surface area contributed by atoms with Crippen molar-refractivity contribution in [2.24, 2.45) is 11.7 Å². The average Bonchev–Trinajstić information content (AvgIpc) is 3.71. The first-order chi connectivity index (χ1) is 17.3. The summed E-state index contributed by atoms with van der Waals surface area (Å²) in [6, 6.07) is 5.94. The van der Waals surface area contributed by atoms with Crippen molar-refractivity contribution in [2.45, 2.75) is 44.6 Å². The van der Waals surface area contributed by atoms with E-state index in [0.717, 1.165) is 37.1 Å². The normalized spacial score (nSPS) is 16.7. The molecule has 2 fully saturated rings. The van der Waals surface area contributed by atoms with Gasteiger partial charge in [0.25, 0.3) is 0 Å². The molecule has 1 saturated carbocycles. The third kappa shape index (κ3) is 9.03. The van der Waals surface area contributed by atoms with Gasteiger partial charge in [-0.3, -0.25) is 14.5 Å². The minimum atomic E-state index is -1.23. The van der Waals surface area contributed by atoms with Crippen LogP contribution in [0.1, 0.15) is 48.9 Å². The van der Waals surface area contributed by atoms with Gasteiger partial charge in [0.1, 0.15) is 11.8 Å². The lowest BCUT2D eigenvalue weighted by Gasteiger charge is -2.36. The Morgan fingerprint density at radius 2 is 1.72 bits per heavy atom. The summed E-state index contributed by atoms with van der Waals surface area (Å²) < 4.78 is 5.81. The second-order valence-electron chi connectivity index (χ2n) is 9.32. The molecular formula is C25H37N5O6. The SMILES string of the molecule is NC(=O)NCCCC[C@@H](NC(=O)O)C(=O)N1CCN(CCCOc2ccc(C(=O)C3CC3)cc2)CC1. The van der Waals surface area contributed by atoms with Gasteiger partial charge < -0.3 is 31.1 Å². The van der Waals surface area contributed by atoms with Gasteiger partial charge in [0.15, 0.2) is 5.78 Å². The Balaban J connectivity index is 1.32. The standard InChI is InChI=1S/C25H37N5O6/c26-24(33)27-11-2-1-4-21(28-25(34)35)23(32)30-15-13-29(14-16-30)12-3-17-36-20-9-7-19(8-10-20)22(31)18-5-6-18/h7-10,18,21,28H,1-6,11-17H2,(H,34,35)(H3,26,27,33)/t21-/m1/s1. The van der Waals surface area contributed by atoms with Crippen molar-refractivity contribution in [2.75, 3.05) is 45.9 Å². The van der Waals surface area contributed by atoms with E-state index in [9.17, 15) is 19.2 Å². The van der Waals surface area contributed by atoms with E-state index in [0.29, 0.717) is 58.6 Å². The Labute approximate surface area is 211 Å². The molecule has 4 amide bonds. The minimum Gasteiger partial charge on any atom is -0.494 e. The molecule has 1 aliphatic carbocycles. The number of primary amides is 1. The highest BCUT2D eigenvalue weighted by Crippen LogP contribution is 2.32. The number of urea groups is 1. The number of carbonyl (C=O) groups is 4. The number of rotatable bonds is 14. The number of nitrogens with one attached hydrogen (secondary N) is 2. The van der Waals surface area contributed by atoms with E-state index in [1.165, 1.54) is 0 Å². The van der Waals surface area contributed by atoms with Crippen LogP contribution in [-0.4, -0.2) is 90.6 Å². The molecule has 0 aromatic heterocycles. The summed E-state index contributed by atoms with van der Waals surface area (Å²) in [5.41, 5.74) is 5.77. The highest BCUT2D eigenvalue weighted by Gasteiger charge is 2.30. The van der Waals surface area contributed by atoms with Crippen LogP contribution in [0.15, 0.2) is 24.3 Å².